The topological polar surface area (TPSA) is 76.1 Å². The molecule has 2 unspecified atom stereocenters. The number of carbonyl (C=O) groups is 2. The van der Waals surface area contributed by atoms with E-state index in [1.54, 1.807) is 6.07 Å². The highest BCUT2D eigenvalue weighted by Gasteiger charge is 2.47. The van der Waals surface area contributed by atoms with Crippen molar-refractivity contribution in [2.75, 3.05) is 20.3 Å². The maximum Gasteiger partial charge on any atom is 0.295 e. The number of hydrogen-bond acceptors (Lipinski definition) is 5. The monoisotopic (exact) mass is 421 g/mol. The predicted molar refractivity (Wildman–Crippen MR) is 117 cm³/mol. The fraction of sp³-hybridized carbons (Fsp3) is 0.360. The summed E-state index contributed by atoms with van der Waals surface area (Å²) in [5, 5.41) is 11.3. The fourth-order valence-corrected chi connectivity index (χ4v) is 4.60. The molecule has 2 saturated heterocycles. The van der Waals surface area contributed by atoms with Crippen LogP contribution in [0.3, 0.4) is 0 Å². The number of carbonyl (C=O) groups excluding carboxylic acids is 2. The van der Waals surface area contributed by atoms with Crippen LogP contribution in [0, 0.1) is 13.8 Å². The van der Waals surface area contributed by atoms with Gasteiger partial charge in [0.05, 0.1) is 30.4 Å². The number of aliphatic hydroxyl groups is 1. The van der Waals surface area contributed by atoms with Gasteiger partial charge in [-0.1, -0.05) is 36.4 Å². The number of ketones is 1. The third-order valence-corrected chi connectivity index (χ3v) is 5.96. The zero-order valence-corrected chi connectivity index (χ0v) is 18.1. The molecule has 0 aromatic heterocycles. The summed E-state index contributed by atoms with van der Waals surface area (Å²) < 4.78 is 11.3. The predicted octanol–water partition coefficient (Wildman–Crippen LogP) is 3.91. The average Bonchev–Trinajstić information content (AvgIpc) is 3.36. The number of likely N-dealkylation sites (tertiary alicyclic amines) is 1. The minimum Gasteiger partial charge on any atom is -0.507 e. The lowest BCUT2D eigenvalue weighted by atomic mass is 9.93. The van der Waals surface area contributed by atoms with E-state index in [4.69, 9.17) is 9.47 Å². The van der Waals surface area contributed by atoms with Gasteiger partial charge in [0, 0.05) is 13.2 Å². The van der Waals surface area contributed by atoms with Crippen molar-refractivity contribution >= 4 is 17.4 Å². The molecule has 2 aromatic carbocycles. The molecule has 1 N–H and O–H groups in total. The molecule has 2 fully saturated rings. The molecule has 0 saturated carbocycles. The highest BCUT2D eigenvalue weighted by molar-refractivity contribution is 6.46. The lowest BCUT2D eigenvalue weighted by molar-refractivity contribution is -0.140. The molecule has 0 radical (unpaired) electrons. The first kappa shape index (κ1) is 21.1. The maximum absolute atomic E-state index is 13.2. The Hall–Kier alpha value is -3.12. The van der Waals surface area contributed by atoms with Crippen LogP contribution in [0.2, 0.25) is 0 Å². The van der Waals surface area contributed by atoms with Crippen LogP contribution in [0.1, 0.15) is 41.1 Å². The number of benzene rings is 2. The first-order valence-corrected chi connectivity index (χ1v) is 10.5. The summed E-state index contributed by atoms with van der Waals surface area (Å²) >= 11 is 0. The van der Waals surface area contributed by atoms with Gasteiger partial charge in [-0.3, -0.25) is 9.59 Å². The van der Waals surface area contributed by atoms with Gasteiger partial charge in [0.2, 0.25) is 0 Å². The molecule has 31 heavy (non-hydrogen) atoms. The van der Waals surface area contributed by atoms with Gasteiger partial charge in [-0.2, -0.15) is 0 Å². The molecule has 0 bridgehead atoms. The molecule has 6 heteroatoms. The van der Waals surface area contributed by atoms with Gasteiger partial charge >= 0.3 is 0 Å². The van der Waals surface area contributed by atoms with Gasteiger partial charge in [0.1, 0.15) is 11.5 Å². The Balaban J connectivity index is 1.88. The third-order valence-electron chi connectivity index (χ3n) is 5.96. The molecule has 0 spiro atoms. The summed E-state index contributed by atoms with van der Waals surface area (Å²) in [6, 6.07) is 12.4. The molecule has 4 rings (SSSR count). The molecule has 2 aliphatic heterocycles. The van der Waals surface area contributed by atoms with Crippen LogP contribution < -0.4 is 4.74 Å². The van der Waals surface area contributed by atoms with Gasteiger partial charge in [-0.25, -0.2) is 0 Å². The standard InChI is InChI=1S/C25H27NO5/c1-15-12-16(2)24(30-3)19(13-15)22(27)20-21(17-8-5-4-6-9-17)26(25(29)23(20)28)14-18-10-7-11-31-18/h4-6,8-9,12-13,18,21,27H,7,10-11,14H2,1-3H3/b22-20+. The van der Waals surface area contributed by atoms with Crippen molar-refractivity contribution in [3.8, 4) is 5.75 Å². The van der Waals surface area contributed by atoms with E-state index in [1.165, 1.54) is 12.0 Å². The number of aliphatic hydroxyl groups excluding tert-OH is 1. The second-order valence-electron chi connectivity index (χ2n) is 8.16. The Bertz CT molecular complexity index is 1040. The summed E-state index contributed by atoms with van der Waals surface area (Å²) in [4.78, 5) is 27.8. The molecule has 2 atom stereocenters. The zero-order chi connectivity index (χ0) is 22.1. The number of methoxy groups -OCH3 is 1. The van der Waals surface area contributed by atoms with Crippen molar-refractivity contribution in [1.82, 2.24) is 4.90 Å². The number of nitrogens with zero attached hydrogens (tertiary/aromatic N) is 1. The van der Waals surface area contributed by atoms with Gasteiger partial charge in [-0.15, -0.1) is 0 Å². The van der Waals surface area contributed by atoms with Crippen LogP contribution in [-0.2, 0) is 14.3 Å². The lowest BCUT2D eigenvalue weighted by Gasteiger charge is -2.27. The maximum atomic E-state index is 13.2. The zero-order valence-electron chi connectivity index (χ0n) is 18.1. The molecule has 0 aliphatic carbocycles. The lowest BCUT2D eigenvalue weighted by Crippen LogP contribution is -2.36. The smallest absolute Gasteiger partial charge is 0.295 e. The molecule has 2 aliphatic rings. The first-order valence-electron chi connectivity index (χ1n) is 10.5. The first-order chi connectivity index (χ1) is 14.9. The quantitative estimate of drug-likeness (QED) is 0.450. The third kappa shape index (κ3) is 3.83. The molecular formula is C25H27NO5. The summed E-state index contributed by atoms with van der Waals surface area (Å²) in [6.07, 6.45) is 1.67. The Kier molecular flexibility index (Phi) is 5.83. The number of Topliss-reactive ketones (excluding diaryl/α,β-unsaturated/α-hetero) is 1. The van der Waals surface area contributed by atoms with E-state index in [2.05, 4.69) is 0 Å². The normalized spacial score (nSPS) is 22.9. The van der Waals surface area contributed by atoms with E-state index in [9.17, 15) is 14.7 Å². The van der Waals surface area contributed by atoms with E-state index in [1.807, 2.05) is 50.2 Å². The number of hydrogen-bond donors (Lipinski definition) is 1. The minimum atomic E-state index is -0.689. The van der Waals surface area contributed by atoms with E-state index < -0.39 is 17.7 Å². The van der Waals surface area contributed by atoms with Gasteiger partial charge in [0.25, 0.3) is 11.7 Å². The Morgan fingerprint density at radius 2 is 1.94 bits per heavy atom. The van der Waals surface area contributed by atoms with Gasteiger partial charge in [0.15, 0.2) is 0 Å². The Morgan fingerprint density at radius 1 is 1.19 bits per heavy atom. The minimum absolute atomic E-state index is 0.0810. The SMILES string of the molecule is COc1c(C)cc(C)cc1/C(O)=C1\C(=O)C(=O)N(CC2CCCO2)C1c1ccccc1. The van der Waals surface area contributed by atoms with Crippen molar-refractivity contribution in [1.29, 1.82) is 0 Å². The van der Waals surface area contributed by atoms with E-state index in [-0.39, 0.29) is 17.4 Å². The summed E-state index contributed by atoms with van der Waals surface area (Å²) in [6.45, 7) is 4.76. The van der Waals surface area contributed by atoms with Crippen LogP contribution >= 0.6 is 0 Å². The fourth-order valence-electron chi connectivity index (χ4n) is 4.60. The number of rotatable bonds is 5. The number of aryl methyl sites for hydroxylation is 2. The van der Waals surface area contributed by atoms with Crippen LogP contribution in [0.5, 0.6) is 5.75 Å². The van der Waals surface area contributed by atoms with E-state index in [0.29, 0.717) is 24.5 Å². The van der Waals surface area contributed by atoms with E-state index >= 15 is 0 Å². The second kappa shape index (κ2) is 8.55. The molecular weight excluding hydrogens is 394 g/mol. The summed E-state index contributed by atoms with van der Waals surface area (Å²) in [5.74, 6) is -1.04. The number of amides is 1. The van der Waals surface area contributed by atoms with Crippen molar-refractivity contribution in [3.05, 3.63) is 70.3 Å². The van der Waals surface area contributed by atoms with Crippen molar-refractivity contribution in [2.24, 2.45) is 0 Å². The summed E-state index contributed by atoms with van der Waals surface area (Å²) in [7, 11) is 1.53. The van der Waals surface area contributed by atoms with Gasteiger partial charge < -0.3 is 19.5 Å². The highest BCUT2D eigenvalue weighted by Crippen LogP contribution is 2.42. The molecule has 1 amide bonds. The van der Waals surface area contributed by atoms with Gasteiger partial charge in [-0.05, 0) is 49.4 Å². The van der Waals surface area contributed by atoms with Crippen LogP contribution in [-0.4, -0.2) is 48.1 Å². The average molecular weight is 421 g/mol. The van der Waals surface area contributed by atoms with E-state index in [0.717, 1.165) is 29.5 Å². The van der Waals surface area contributed by atoms with Crippen molar-refractivity contribution in [3.63, 3.8) is 0 Å². The van der Waals surface area contributed by atoms with Crippen molar-refractivity contribution < 1.29 is 24.2 Å². The molecule has 6 nitrogen and oxygen atoms in total. The van der Waals surface area contributed by atoms with Crippen LogP contribution in [0.4, 0.5) is 0 Å². The Labute approximate surface area is 182 Å². The second-order valence-corrected chi connectivity index (χ2v) is 8.16. The van der Waals surface area contributed by atoms with Crippen LogP contribution in [0.25, 0.3) is 5.76 Å². The largest absolute Gasteiger partial charge is 0.507 e. The Morgan fingerprint density at radius 3 is 2.58 bits per heavy atom. The molecule has 162 valence electrons. The van der Waals surface area contributed by atoms with Crippen LogP contribution in [0.15, 0.2) is 48.0 Å². The summed E-state index contributed by atoms with van der Waals surface area (Å²) in [5.41, 5.74) is 3.02. The molecule has 2 aromatic rings. The number of ether oxygens (including phenoxy) is 2. The highest BCUT2D eigenvalue weighted by atomic mass is 16.5. The van der Waals surface area contributed by atoms with Crippen molar-refractivity contribution in [2.45, 2.75) is 38.8 Å². The molecule has 2 heterocycles.